The summed E-state index contributed by atoms with van der Waals surface area (Å²) in [6, 6.07) is 8.29. The largest absolute Gasteiger partial charge is 0.494 e. The van der Waals surface area contributed by atoms with Gasteiger partial charge in [-0.3, -0.25) is 4.79 Å². The minimum Gasteiger partial charge on any atom is -0.494 e. The van der Waals surface area contributed by atoms with E-state index in [1.807, 2.05) is 31.2 Å². The molecule has 0 aromatic heterocycles. The summed E-state index contributed by atoms with van der Waals surface area (Å²) in [5, 5.41) is 3.03. The van der Waals surface area contributed by atoms with E-state index >= 15 is 0 Å². The minimum atomic E-state index is 0.117. The molecule has 1 fully saturated rings. The highest BCUT2D eigenvalue weighted by Crippen LogP contribution is 2.22. The van der Waals surface area contributed by atoms with Gasteiger partial charge in [-0.15, -0.1) is 0 Å². The molecule has 1 aliphatic rings. The zero-order chi connectivity index (χ0) is 15.8. The standard InChI is InChI=1S/C18H28N2O2/c1-14-7-9-17(10-8-14)22-11-3-6-18(21)20-13-15-4-2-5-16(19)12-15/h7-10,15-16H,2-6,11-13,19H2,1H3,(H,20,21)/t15-,16+/m1/s1. The molecule has 1 aliphatic carbocycles. The van der Waals surface area contributed by atoms with Gasteiger partial charge in [-0.25, -0.2) is 0 Å². The molecule has 4 heteroatoms. The van der Waals surface area contributed by atoms with Gasteiger partial charge in [-0.1, -0.05) is 24.1 Å². The lowest BCUT2D eigenvalue weighted by Crippen LogP contribution is -2.35. The summed E-state index contributed by atoms with van der Waals surface area (Å²) in [5.74, 6) is 1.53. The van der Waals surface area contributed by atoms with Gasteiger partial charge in [0.1, 0.15) is 5.75 Å². The fourth-order valence-corrected chi connectivity index (χ4v) is 2.92. The van der Waals surface area contributed by atoms with Crippen LogP contribution >= 0.6 is 0 Å². The Hall–Kier alpha value is -1.55. The third-order valence-corrected chi connectivity index (χ3v) is 4.25. The quantitative estimate of drug-likeness (QED) is 0.761. The summed E-state index contributed by atoms with van der Waals surface area (Å²) in [5.41, 5.74) is 7.18. The maximum atomic E-state index is 11.8. The molecule has 2 atom stereocenters. The SMILES string of the molecule is Cc1ccc(OCCCC(=O)NC[C@@H]2CCC[C@H](N)C2)cc1. The first kappa shape index (κ1) is 16.8. The number of hydrogen-bond acceptors (Lipinski definition) is 3. The van der Waals surface area contributed by atoms with Crippen LogP contribution in [0.3, 0.4) is 0 Å². The van der Waals surface area contributed by atoms with E-state index in [0.717, 1.165) is 31.6 Å². The fourth-order valence-electron chi connectivity index (χ4n) is 2.92. The topological polar surface area (TPSA) is 64.3 Å². The van der Waals surface area contributed by atoms with Crippen LogP contribution in [0.5, 0.6) is 5.75 Å². The van der Waals surface area contributed by atoms with Crippen molar-refractivity contribution in [3.05, 3.63) is 29.8 Å². The van der Waals surface area contributed by atoms with Crippen molar-refractivity contribution in [2.45, 2.75) is 51.5 Å². The van der Waals surface area contributed by atoms with Gasteiger partial charge in [0.2, 0.25) is 5.91 Å². The highest BCUT2D eigenvalue weighted by Gasteiger charge is 2.19. The van der Waals surface area contributed by atoms with E-state index in [1.54, 1.807) is 0 Å². The molecular weight excluding hydrogens is 276 g/mol. The second-order valence-corrected chi connectivity index (χ2v) is 6.36. The third kappa shape index (κ3) is 6.06. The van der Waals surface area contributed by atoms with Crippen LogP contribution in [0.25, 0.3) is 0 Å². The number of rotatable bonds is 7. The van der Waals surface area contributed by atoms with Crippen molar-refractivity contribution in [2.24, 2.45) is 11.7 Å². The van der Waals surface area contributed by atoms with Gasteiger partial charge < -0.3 is 15.8 Å². The van der Waals surface area contributed by atoms with E-state index in [4.69, 9.17) is 10.5 Å². The monoisotopic (exact) mass is 304 g/mol. The Labute approximate surface area is 133 Å². The van der Waals surface area contributed by atoms with Gasteiger partial charge in [-0.05, 0) is 50.7 Å². The number of aryl methyl sites for hydroxylation is 1. The van der Waals surface area contributed by atoms with Crippen molar-refractivity contribution in [3.63, 3.8) is 0 Å². The van der Waals surface area contributed by atoms with Gasteiger partial charge >= 0.3 is 0 Å². The molecule has 3 N–H and O–H groups in total. The van der Waals surface area contributed by atoms with Crippen molar-refractivity contribution in [1.82, 2.24) is 5.32 Å². The number of carbonyl (C=O) groups excluding carboxylic acids is 1. The smallest absolute Gasteiger partial charge is 0.220 e. The normalized spacial score (nSPS) is 21.4. The second kappa shape index (κ2) is 8.79. The van der Waals surface area contributed by atoms with Crippen LogP contribution in [-0.2, 0) is 4.79 Å². The summed E-state index contributed by atoms with van der Waals surface area (Å²) < 4.78 is 5.62. The van der Waals surface area contributed by atoms with Crippen molar-refractivity contribution in [2.75, 3.05) is 13.2 Å². The predicted octanol–water partition coefficient (Wildman–Crippen LogP) is 2.79. The van der Waals surface area contributed by atoms with Gasteiger partial charge in [-0.2, -0.15) is 0 Å². The predicted molar refractivity (Wildman–Crippen MR) is 88.9 cm³/mol. The van der Waals surface area contributed by atoms with Crippen LogP contribution < -0.4 is 15.8 Å². The molecule has 0 saturated heterocycles. The van der Waals surface area contributed by atoms with Crippen LogP contribution in [-0.4, -0.2) is 25.1 Å². The first-order valence-electron chi connectivity index (χ1n) is 8.35. The van der Waals surface area contributed by atoms with Crippen LogP contribution in [0.1, 0.15) is 44.1 Å². The summed E-state index contributed by atoms with van der Waals surface area (Å²) in [6.07, 6.45) is 5.79. The van der Waals surface area contributed by atoms with Crippen molar-refractivity contribution < 1.29 is 9.53 Å². The van der Waals surface area contributed by atoms with Crippen molar-refractivity contribution in [1.29, 1.82) is 0 Å². The van der Waals surface area contributed by atoms with E-state index in [0.29, 0.717) is 25.0 Å². The molecule has 0 aliphatic heterocycles. The fraction of sp³-hybridized carbons (Fsp3) is 0.611. The van der Waals surface area contributed by atoms with Crippen LogP contribution in [0, 0.1) is 12.8 Å². The molecule has 1 aromatic carbocycles. The Morgan fingerprint density at radius 3 is 2.82 bits per heavy atom. The summed E-state index contributed by atoms with van der Waals surface area (Å²) in [7, 11) is 0. The van der Waals surface area contributed by atoms with Gasteiger partial charge in [0, 0.05) is 19.0 Å². The van der Waals surface area contributed by atoms with E-state index < -0.39 is 0 Å². The van der Waals surface area contributed by atoms with Crippen molar-refractivity contribution in [3.8, 4) is 5.75 Å². The number of carbonyl (C=O) groups is 1. The average Bonchev–Trinajstić information content (AvgIpc) is 2.51. The first-order chi connectivity index (χ1) is 10.6. The molecule has 0 bridgehead atoms. The number of nitrogens with one attached hydrogen (secondary N) is 1. The lowest BCUT2D eigenvalue weighted by molar-refractivity contribution is -0.121. The molecule has 2 rings (SSSR count). The minimum absolute atomic E-state index is 0.117. The van der Waals surface area contributed by atoms with Crippen molar-refractivity contribution >= 4 is 5.91 Å². The van der Waals surface area contributed by atoms with Gasteiger partial charge in [0.15, 0.2) is 0 Å². The number of hydrogen-bond donors (Lipinski definition) is 2. The molecule has 22 heavy (non-hydrogen) atoms. The molecule has 0 radical (unpaired) electrons. The van der Waals surface area contributed by atoms with Crippen LogP contribution in [0.4, 0.5) is 0 Å². The number of amides is 1. The molecule has 122 valence electrons. The van der Waals surface area contributed by atoms with Gasteiger partial charge in [0.25, 0.3) is 0 Å². The molecular formula is C18H28N2O2. The zero-order valence-corrected chi connectivity index (χ0v) is 13.5. The Balaban J connectivity index is 1.55. The first-order valence-corrected chi connectivity index (χ1v) is 8.35. The number of benzene rings is 1. The number of nitrogens with two attached hydrogens (primary N) is 1. The Kier molecular flexibility index (Phi) is 6.72. The average molecular weight is 304 g/mol. The zero-order valence-electron chi connectivity index (χ0n) is 13.5. The lowest BCUT2D eigenvalue weighted by atomic mass is 9.86. The van der Waals surface area contributed by atoms with Crippen LogP contribution in [0.15, 0.2) is 24.3 Å². The summed E-state index contributed by atoms with van der Waals surface area (Å²) in [6.45, 7) is 3.39. The Morgan fingerprint density at radius 2 is 2.09 bits per heavy atom. The van der Waals surface area contributed by atoms with E-state index in [2.05, 4.69) is 5.32 Å². The molecule has 1 saturated carbocycles. The highest BCUT2D eigenvalue weighted by atomic mass is 16.5. The summed E-state index contributed by atoms with van der Waals surface area (Å²) >= 11 is 0. The van der Waals surface area contributed by atoms with E-state index in [1.165, 1.54) is 18.4 Å². The molecule has 0 heterocycles. The molecule has 1 aromatic rings. The maximum Gasteiger partial charge on any atom is 0.220 e. The van der Waals surface area contributed by atoms with E-state index in [9.17, 15) is 4.79 Å². The maximum absolute atomic E-state index is 11.8. The molecule has 4 nitrogen and oxygen atoms in total. The Morgan fingerprint density at radius 1 is 1.32 bits per heavy atom. The van der Waals surface area contributed by atoms with E-state index in [-0.39, 0.29) is 5.91 Å². The second-order valence-electron chi connectivity index (χ2n) is 6.36. The Bertz CT molecular complexity index is 459. The molecule has 1 amide bonds. The third-order valence-electron chi connectivity index (χ3n) is 4.25. The summed E-state index contributed by atoms with van der Waals surface area (Å²) in [4.78, 5) is 11.8. The lowest BCUT2D eigenvalue weighted by Gasteiger charge is -2.26. The van der Waals surface area contributed by atoms with Crippen LogP contribution in [0.2, 0.25) is 0 Å². The number of ether oxygens (including phenoxy) is 1. The van der Waals surface area contributed by atoms with Gasteiger partial charge in [0.05, 0.1) is 6.61 Å². The molecule has 0 spiro atoms. The molecule has 0 unspecified atom stereocenters. The highest BCUT2D eigenvalue weighted by molar-refractivity contribution is 5.75.